The van der Waals surface area contributed by atoms with Gasteiger partial charge in [-0.3, -0.25) is 0 Å². The highest BCUT2D eigenvalue weighted by Gasteiger charge is 2.41. The summed E-state index contributed by atoms with van der Waals surface area (Å²) in [6.45, 7) is 4.47. The zero-order chi connectivity index (χ0) is 13.3. The van der Waals surface area contributed by atoms with E-state index >= 15 is 0 Å². The van der Waals surface area contributed by atoms with E-state index in [-0.39, 0.29) is 5.41 Å². The van der Waals surface area contributed by atoms with Crippen LogP contribution in [0.25, 0.3) is 11.1 Å². The van der Waals surface area contributed by atoms with Crippen molar-refractivity contribution in [3.63, 3.8) is 0 Å². The lowest BCUT2D eigenvalue weighted by Crippen LogP contribution is -2.25. The van der Waals surface area contributed by atoms with Crippen LogP contribution in [0.5, 0.6) is 0 Å². The molecule has 1 aliphatic rings. The molecule has 19 heavy (non-hydrogen) atoms. The van der Waals surface area contributed by atoms with Crippen molar-refractivity contribution in [3.05, 3.63) is 66.1 Å². The second-order valence-corrected chi connectivity index (χ2v) is 5.54. The fraction of sp³-hybridized carbons (Fsp3) is 0.316. The predicted octanol–water partition coefficient (Wildman–Crippen LogP) is 5.37. The van der Waals surface area contributed by atoms with E-state index in [9.17, 15) is 0 Å². The van der Waals surface area contributed by atoms with Crippen molar-refractivity contribution in [2.45, 2.75) is 38.5 Å². The largest absolute Gasteiger partial charge is 0.0653 e. The third kappa shape index (κ3) is 1.74. The molecular formula is C19H21. The van der Waals surface area contributed by atoms with Gasteiger partial charge in [0.2, 0.25) is 0 Å². The standard InChI is InChI=1S/C19H21/c1-3-13-19(14-4-2)17-11-7-5-9-15(17)16-10-6-8-12-18(16)19/h3,5-12H,4,13-14H2,1-2H3. The van der Waals surface area contributed by atoms with E-state index in [1.165, 1.54) is 35.1 Å². The van der Waals surface area contributed by atoms with E-state index in [0.29, 0.717) is 0 Å². The summed E-state index contributed by atoms with van der Waals surface area (Å²) >= 11 is 0. The predicted molar refractivity (Wildman–Crippen MR) is 82.2 cm³/mol. The summed E-state index contributed by atoms with van der Waals surface area (Å²) in [5, 5.41) is 0. The average Bonchev–Trinajstić information content (AvgIpc) is 2.72. The third-order valence-corrected chi connectivity index (χ3v) is 4.40. The molecule has 0 spiro atoms. The van der Waals surface area contributed by atoms with Crippen LogP contribution in [0.4, 0.5) is 0 Å². The lowest BCUT2D eigenvalue weighted by molar-refractivity contribution is 0.469. The lowest BCUT2D eigenvalue weighted by atomic mass is 9.71. The fourth-order valence-electron chi connectivity index (χ4n) is 3.78. The van der Waals surface area contributed by atoms with Gasteiger partial charge in [-0.2, -0.15) is 0 Å². The van der Waals surface area contributed by atoms with Gasteiger partial charge in [0.05, 0.1) is 0 Å². The average molecular weight is 249 g/mol. The van der Waals surface area contributed by atoms with Gasteiger partial charge in [0, 0.05) is 5.41 Å². The fourth-order valence-corrected chi connectivity index (χ4v) is 3.78. The Hall–Kier alpha value is -1.56. The molecular weight excluding hydrogens is 228 g/mol. The molecule has 97 valence electrons. The Morgan fingerprint density at radius 3 is 1.89 bits per heavy atom. The van der Waals surface area contributed by atoms with E-state index in [1.54, 1.807) is 0 Å². The van der Waals surface area contributed by atoms with Crippen molar-refractivity contribution in [2.75, 3.05) is 0 Å². The zero-order valence-corrected chi connectivity index (χ0v) is 11.8. The quantitative estimate of drug-likeness (QED) is 0.683. The molecule has 0 bridgehead atoms. The molecule has 1 aliphatic carbocycles. The van der Waals surface area contributed by atoms with Crippen LogP contribution in [0, 0.1) is 6.42 Å². The maximum Gasteiger partial charge on any atom is 0.0217 e. The van der Waals surface area contributed by atoms with Crippen molar-refractivity contribution in [1.29, 1.82) is 0 Å². The van der Waals surface area contributed by atoms with Gasteiger partial charge in [-0.05, 0) is 41.5 Å². The molecule has 0 heteroatoms. The van der Waals surface area contributed by atoms with E-state index in [1.807, 2.05) is 0 Å². The topological polar surface area (TPSA) is 0 Å². The minimum absolute atomic E-state index is 0.205. The Balaban J connectivity index is 2.28. The van der Waals surface area contributed by atoms with Gasteiger partial charge in [-0.1, -0.05) is 68.8 Å². The van der Waals surface area contributed by atoms with Gasteiger partial charge in [-0.15, -0.1) is 0 Å². The summed E-state index contributed by atoms with van der Waals surface area (Å²) in [5.41, 5.74) is 6.13. The van der Waals surface area contributed by atoms with Gasteiger partial charge in [0.15, 0.2) is 0 Å². The summed E-state index contributed by atoms with van der Waals surface area (Å²) in [6, 6.07) is 17.9. The molecule has 2 aromatic carbocycles. The molecule has 0 nitrogen and oxygen atoms in total. The molecule has 0 aliphatic heterocycles. The van der Waals surface area contributed by atoms with Crippen molar-refractivity contribution >= 4 is 0 Å². The van der Waals surface area contributed by atoms with Crippen molar-refractivity contribution in [1.82, 2.24) is 0 Å². The molecule has 0 saturated carbocycles. The highest BCUT2D eigenvalue weighted by molar-refractivity contribution is 5.81. The van der Waals surface area contributed by atoms with Gasteiger partial charge in [-0.25, -0.2) is 0 Å². The monoisotopic (exact) mass is 249 g/mol. The Labute approximate surface area is 116 Å². The third-order valence-electron chi connectivity index (χ3n) is 4.40. The number of hydrogen-bond acceptors (Lipinski definition) is 0. The zero-order valence-electron chi connectivity index (χ0n) is 11.8. The van der Waals surface area contributed by atoms with Crippen LogP contribution >= 0.6 is 0 Å². The van der Waals surface area contributed by atoms with Crippen LogP contribution in [0.3, 0.4) is 0 Å². The Bertz CT molecular complexity index is 527. The first-order chi connectivity index (χ1) is 9.33. The molecule has 0 aromatic heterocycles. The van der Waals surface area contributed by atoms with Crippen molar-refractivity contribution in [3.8, 4) is 11.1 Å². The second kappa shape index (κ2) is 4.85. The summed E-state index contributed by atoms with van der Waals surface area (Å²) in [5.74, 6) is 0. The number of rotatable bonds is 4. The lowest BCUT2D eigenvalue weighted by Gasteiger charge is -2.31. The van der Waals surface area contributed by atoms with E-state index in [2.05, 4.69) is 68.8 Å². The Morgan fingerprint density at radius 1 is 0.895 bits per heavy atom. The van der Waals surface area contributed by atoms with Crippen LogP contribution < -0.4 is 0 Å². The Morgan fingerprint density at radius 2 is 1.42 bits per heavy atom. The highest BCUT2D eigenvalue weighted by atomic mass is 14.4. The Kier molecular flexibility index (Phi) is 3.18. The van der Waals surface area contributed by atoms with Crippen LogP contribution in [-0.4, -0.2) is 0 Å². The maximum absolute atomic E-state index is 2.33. The summed E-state index contributed by atoms with van der Waals surface area (Å²) in [4.78, 5) is 0. The van der Waals surface area contributed by atoms with Gasteiger partial charge >= 0.3 is 0 Å². The molecule has 0 heterocycles. The number of fused-ring (bicyclic) bond motifs is 3. The molecule has 0 N–H and O–H groups in total. The number of hydrogen-bond donors (Lipinski definition) is 0. The van der Waals surface area contributed by atoms with Crippen LogP contribution in [-0.2, 0) is 5.41 Å². The number of benzene rings is 2. The van der Waals surface area contributed by atoms with Crippen molar-refractivity contribution < 1.29 is 0 Å². The molecule has 0 amide bonds. The SMILES string of the molecule is C[CH]CC1(CCC)c2ccccc2-c2ccccc21. The highest BCUT2D eigenvalue weighted by Crippen LogP contribution is 2.53. The van der Waals surface area contributed by atoms with E-state index in [4.69, 9.17) is 0 Å². The maximum atomic E-state index is 2.33. The smallest absolute Gasteiger partial charge is 0.0217 e. The van der Waals surface area contributed by atoms with Gasteiger partial charge < -0.3 is 0 Å². The minimum Gasteiger partial charge on any atom is -0.0653 e. The summed E-state index contributed by atoms with van der Waals surface area (Å²) in [6.07, 6.45) is 5.91. The minimum atomic E-state index is 0.205. The van der Waals surface area contributed by atoms with E-state index < -0.39 is 0 Å². The first-order valence-corrected chi connectivity index (χ1v) is 7.30. The molecule has 3 rings (SSSR count). The molecule has 0 saturated heterocycles. The molecule has 1 radical (unpaired) electrons. The summed E-state index contributed by atoms with van der Waals surface area (Å²) < 4.78 is 0. The normalized spacial score (nSPS) is 15.1. The van der Waals surface area contributed by atoms with Crippen molar-refractivity contribution in [2.24, 2.45) is 0 Å². The van der Waals surface area contributed by atoms with Crippen LogP contribution in [0.15, 0.2) is 48.5 Å². The molecule has 2 aromatic rings. The molecule has 0 unspecified atom stereocenters. The molecule has 0 atom stereocenters. The van der Waals surface area contributed by atoms with Crippen LogP contribution in [0.1, 0.15) is 44.2 Å². The van der Waals surface area contributed by atoms with Gasteiger partial charge in [0.25, 0.3) is 0 Å². The van der Waals surface area contributed by atoms with Crippen LogP contribution in [0.2, 0.25) is 0 Å². The summed E-state index contributed by atoms with van der Waals surface area (Å²) in [7, 11) is 0. The first kappa shape index (κ1) is 12.5. The molecule has 0 fully saturated rings. The van der Waals surface area contributed by atoms with Gasteiger partial charge in [0.1, 0.15) is 0 Å². The first-order valence-electron chi connectivity index (χ1n) is 7.30. The second-order valence-electron chi connectivity index (χ2n) is 5.54. The van der Waals surface area contributed by atoms with E-state index in [0.717, 1.165) is 6.42 Å².